The summed E-state index contributed by atoms with van der Waals surface area (Å²) in [7, 11) is 0. The molecule has 0 saturated carbocycles. The second-order valence-electron chi connectivity index (χ2n) is 5.06. The van der Waals surface area contributed by atoms with Gasteiger partial charge in [-0.3, -0.25) is 4.79 Å². The fourth-order valence-corrected chi connectivity index (χ4v) is 2.37. The Morgan fingerprint density at radius 3 is 2.70 bits per heavy atom. The van der Waals surface area contributed by atoms with Crippen LogP contribution < -0.4 is 5.32 Å². The third kappa shape index (κ3) is 2.11. The minimum atomic E-state index is -0.341. The van der Waals surface area contributed by atoms with Crippen molar-refractivity contribution in [1.82, 2.24) is 0 Å². The van der Waals surface area contributed by atoms with Crippen LogP contribution in [0.3, 0.4) is 0 Å². The average Bonchev–Trinajstić information content (AvgIpc) is 2.70. The van der Waals surface area contributed by atoms with Gasteiger partial charge in [0, 0.05) is 16.8 Å². The average molecular weight is 267 g/mol. The lowest BCUT2D eigenvalue weighted by Gasteiger charge is -2.04. The van der Waals surface area contributed by atoms with E-state index in [1.165, 1.54) is 12.1 Å². The van der Waals surface area contributed by atoms with E-state index in [1.54, 1.807) is 6.07 Å². The summed E-state index contributed by atoms with van der Waals surface area (Å²) in [5, 5.41) is 2.76. The van der Waals surface area contributed by atoms with Gasteiger partial charge in [0.15, 0.2) is 0 Å². The van der Waals surface area contributed by atoms with Crippen LogP contribution in [0.15, 0.2) is 36.4 Å². The molecule has 0 fully saturated rings. The Morgan fingerprint density at radius 1 is 1.10 bits per heavy atom. The van der Waals surface area contributed by atoms with E-state index < -0.39 is 0 Å². The van der Waals surface area contributed by atoms with E-state index in [1.807, 2.05) is 38.1 Å². The van der Waals surface area contributed by atoms with Crippen LogP contribution in [0.1, 0.15) is 22.3 Å². The molecule has 1 N–H and O–H groups in total. The quantitative estimate of drug-likeness (QED) is 0.779. The Hall–Kier alpha value is -2.42. The van der Waals surface area contributed by atoms with Crippen molar-refractivity contribution in [2.45, 2.75) is 13.8 Å². The molecular weight excluding hydrogens is 253 g/mol. The number of aryl methyl sites for hydroxylation is 2. The summed E-state index contributed by atoms with van der Waals surface area (Å²) in [6.07, 6.45) is 1.82. The molecule has 20 heavy (non-hydrogen) atoms. The summed E-state index contributed by atoms with van der Waals surface area (Å²) >= 11 is 0. The Bertz CT molecular complexity index is 747. The number of hydrogen-bond acceptors (Lipinski definition) is 1. The third-order valence-electron chi connectivity index (χ3n) is 3.50. The monoisotopic (exact) mass is 267 g/mol. The fourth-order valence-electron chi connectivity index (χ4n) is 2.37. The van der Waals surface area contributed by atoms with Crippen LogP contribution in [0.4, 0.5) is 10.1 Å². The van der Waals surface area contributed by atoms with Crippen molar-refractivity contribution in [3.8, 4) is 0 Å². The highest BCUT2D eigenvalue weighted by Crippen LogP contribution is 2.34. The lowest BCUT2D eigenvalue weighted by molar-refractivity contribution is -0.110. The number of amides is 1. The molecule has 1 amide bonds. The molecule has 2 nitrogen and oxygen atoms in total. The Morgan fingerprint density at radius 2 is 1.90 bits per heavy atom. The summed E-state index contributed by atoms with van der Waals surface area (Å²) < 4.78 is 13.4. The molecule has 0 bridgehead atoms. The smallest absolute Gasteiger partial charge is 0.256 e. The van der Waals surface area contributed by atoms with Gasteiger partial charge in [0.05, 0.1) is 0 Å². The van der Waals surface area contributed by atoms with Crippen LogP contribution in [0.2, 0.25) is 0 Å². The second kappa shape index (κ2) is 4.60. The van der Waals surface area contributed by atoms with Gasteiger partial charge >= 0.3 is 0 Å². The molecule has 3 rings (SSSR count). The van der Waals surface area contributed by atoms with E-state index in [0.29, 0.717) is 16.8 Å². The van der Waals surface area contributed by atoms with Crippen LogP contribution in [0.5, 0.6) is 0 Å². The maximum absolute atomic E-state index is 13.4. The normalized spacial score (nSPS) is 15.3. The zero-order valence-electron chi connectivity index (χ0n) is 11.3. The molecule has 0 saturated heterocycles. The first-order chi connectivity index (χ1) is 9.54. The minimum Gasteiger partial charge on any atom is -0.321 e. The number of carbonyl (C=O) groups excluding carboxylic acids is 1. The van der Waals surface area contributed by atoms with E-state index in [2.05, 4.69) is 5.32 Å². The molecule has 0 unspecified atom stereocenters. The number of hydrogen-bond donors (Lipinski definition) is 1. The number of fused-ring (bicyclic) bond motifs is 1. The predicted molar refractivity (Wildman–Crippen MR) is 78.8 cm³/mol. The van der Waals surface area contributed by atoms with Crippen LogP contribution in [-0.2, 0) is 4.79 Å². The molecule has 100 valence electrons. The highest BCUT2D eigenvalue weighted by molar-refractivity contribution is 6.34. The molecule has 0 radical (unpaired) electrons. The van der Waals surface area contributed by atoms with Gasteiger partial charge in [-0.15, -0.1) is 0 Å². The largest absolute Gasteiger partial charge is 0.321 e. The number of benzene rings is 2. The summed E-state index contributed by atoms with van der Waals surface area (Å²) in [4.78, 5) is 12.0. The van der Waals surface area contributed by atoms with Gasteiger partial charge in [-0.25, -0.2) is 4.39 Å². The van der Waals surface area contributed by atoms with Gasteiger partial charge < -0.3 is 5.32 Å². The van der Waals surface area contributed by atoms with Crippen molar-refractivity contribution in [2.24, 2.45) is 0 Å². The van der Waals surface area contributed by atoms with Crippen molar-refractivity contribution in [2.75, 3.05) is 5.32 Å². The first-order valence-corrected chi connectivity index (χ1v) is 6.45. The van der Waals surface area contributed by atoms with Gasteiger partial charge in [0.25, 0.3) is 5.91 Å². The highest BCUT2D eigenvalue weighted by atomic mass is 19.1. The van der Waals surface area contributed by atoms with Gasteiger partial charge in [-0.1, -0.05) is 23.8 Å². The van der Waals surface area contributed by atoms with Crippen LogP contribution >= 0.6 is 0 Å². The van der Waals surface area contributed by atoms with Crippen molar-refractivity contribution in [3.05, 3.63) is 64.5 Å². The SMILES string of the molecule is Cc1ccc(C)c(/C=C2/C(=O)Nc3ccc(F)cc32)c1. The zero-order valence-corrected chi connectivity index (χ0v) is 11.3. The summed E-state index contributed by atoms with van der Waals surface area (Å²) in [6, 6.07) is 10.4. The lowest BCUT2D eigenvalue weighted by atomic mass is 10.00. The number of halogens is 1. The number of nitrogens with one attached hydrogen (secondary N) is 1. The topological polar surface area (TPSA) is 29.1 Å². The molecule has 1 aliphatic heterocycles. The van der Waals surface area contributed by atoms with E-state index in [9.17, 15) is 9.18 Å². The standard InChI is InChI=1S/C17H14FNO/c1-10-3-4-11(2)12(7-10)8-15-14-9-13(18)5-6-16(14)19-17(15)20/h3-9H,1-2H3,(H,19,20)/b15-8+. The number of anilines is 1. The first-order valence-electron chi connectivity index (χ1n) is 6.45. The fraction of sp³-hybridized carbons (Fsp3) is 0.118. The molecule has 2 aromatic rings. The summed E-state index contributed by atoms with van der Waals surface area (Å²) in [5.74, 6) is -0.529. The van der Waals surface area contributed by atoms with Gasteiger partial charge in [0.1, 0.15) is 5.82 Å². The number of carbonyl (C=O) groups is 1. The second-order valence-corrected chi connectivity index (χ2v) is 5.06. The van der Waals surface area contributed by atoms with E-state index in [-0.39, 0.29) is 11.7 Å². The van der Waals surface area contributed by atoms with Crippen LogP contribution in [0.25, 0.3) is 11.6 Å². The minimum absolute atomic E-state index is 0.188. The Kier molecular flexibility index (Phi) is 2.90. The van der Waals surface area contributed by atoms with Gasteiger partial charge in [-0.05, 0) is 49.2 Å². The first kappa shape index (κ1) is 12.6. The molecule has 0 aromatic heterocycles. The maximum atomic E-state index is 13.4. The van der Waals surface area contributed by atoms with Crippen molar-refractivity contribution >= 4 is 23.2 Å². The Balaban J connectivity index is 2.15. The van der Waals surface area contributed by atoms with E-state index in [4.69, 9.17) is 0 Å². The summed E-state index contributed by atoms with van der Waals surface area (Å²) in [5.41, 5.74) is 4.98. The zero-order chi connectivity index (χ0) is 14.3. The molecule has 0 spiro atoms. The molecule has 0 atom stereocenters. The molecule has 2 aromatic carbocycles. The highest BCUT2D eigenvalue weighted by Gasteiger charge is 2.24. The maximum Gasteiger partial charge on any atom is 0.256 e. The van der Waals surface area contributed by atoms with Crippen LogP contribution in [-0.4, -0.2) is 5.91 Å². The summed E-state index contributed by atoms with van der Waals surface area (Å²) in [6.45, 7) is 3.99. The lowest BCUT2D eigenvalue weighted by Crippen LogP contribution is -2.03. The molecule has 0 aliphatic carbocycles. The Labute approximate surface area is 116 Å². The van der Waals surface area contributed by atoms with Gasteiger partial charge in [-0.2, -0.15) is 0 Å². The molecular formula is C17H14FNO. The van der Waals surface area contributed by atoms with Gasteiger partial charge in [0.2, 0.25) is 0 Å². The van der Waals surface area contributed by atoms with Crippen molar-refractivity contribution in [3.63, 3.8) is 0 Å². The molecule has 1 heterocycles. The third-order valence-corrected chi connectivity index (χ3v) is 3.50. The van der Waals surface area contributed by atoms with Crippen LogP contribution in [0, 0.1) is 19.7 Å². The number of rotatable bonds is 1. The molecule has 3 heteroatoms. The van der Waals surface area contributed by atoms with Crippen molar-refractivity contribution in [1.29, 1.82) is 0 Å². The van der Waals surface area contributed by atoms with E-state index >= 15 is 0 Å². The predicted octanol–water partition coefficient (Wildman–Crippen LogP) is 3.94. The molecule has 1 aliphatic rings. The van der Waals surface area contributed by atoms with Crippen molar-refractivity contribution < 1.29 is 9.18 Å². The van der Waals surface area contributed by atoms with E-state index in [0.717, 1.165) is 16.7 Å².